The van der Waals surface area contributed by atoms with Crippen molar-refractivity contribution in [2.45, 2.75) is 26.8 Å². The molecule has 0 radical (unpaired) electrons. The van der Waals surface area contributed by atoms with E-state index >= 15 is 0 Å². The molecule has 0 saturated carbocycles. The van der Waals surface area contributed by atoms with Crippen LogP contribution in [-0.2, 0) is 24.8 Å². The molecule has 3 aromatic rings. The molecule has 0 fully saturated rings. The fourth-order valence-corrected chi connectivity index (χ4v) is 2.99. The Kier molecular flexibility index (Phi) is 4.65. The molecule has 3 rings (SSSR count). The first-order valence-corrected chi connectivity index (χ1v) is 8.18. The largest absolute Gasteiger partial charge is 0.354 e. The predicted octanol–water partition coefficient (Wildman–Crippen LogP) is 1.11. The molecular formula is C18H21N5O2. The van der Waals surface area contributed by atoms with Crippen LogP contribution in [0.25, 0.3) is 10.9 Å². The number of aryl methyl sites for hydroxylation is 2. The van der Waals surface area contributed by atoms with Gasteiger partial charge in [-0.1, -0.05) is 12.1 Å². The third-order valence-corrected chi connectivity index (χ3v) is 4.41. The molecule has 0 aliphatic heterocycles. The second-order valence-electron chi connectivity index (χ2n) is 6.06. The van der Waals surface area contributed by atoms with Gasteiger partial charge in [-0.25, -0.2) is 0 Å². The van der Waals surface area contributed by atoms with Gasteiger partial charge in [-0.3, -0.25) is 19.0 Å². The first-order valence-electron chi connectivity index (χ1n) is 8.18. The number of nitrogens with zero attached hydrogens (tertiary/aromatic N) is 4. The summed E-state index contributed by atoms with van der Waals surface area (Å²) in [5.74, 6) is -0.138. The zero-order chi connectivity index (χ0) is 18.0. The lowest BCUT2D eigenvalue weighted by molar-refractivity contribution is -0.121. The van der Waals surface area contributed by atoms with Gasteiger partial charge >= 0.3 is 0 Å². The number of amides is 1. The van der Waals surface area contributed by atoms with Crippen LogP contribution in [0.3, 0.4) is 0 Å². The van der Waals surface area contributed by atoms with E-state index in [0.717, 1.165) is 23.4 Å². The van der Waals surface area contributed by atoms with Crippen molar-refractivity contribution >= 4 is 16.8 Å². The number of hydrogen-bond donors (Lipinski definition) is 1. The van der Waals surface area contributed by atoms with Crippen molar-refractivity contribution < 1.29 is 4.79 Å². The highest BCUT2D eigenvalue weighted by Gasteiger charge is 2.11. The van der Waals surface area contributed by atoms with Gasteiger partial charge in [0.25, 0.3) is 0 Å². The lowest BCUT2D eigenvalue weighted by atomic mass is 10.1. The Morgan fingerprint density at radius 1 is 1.24 bits per heavy atom. The van der Waals surface area contributed by atoms with E-state index in [0.29, 0.717) is 17.4 Å². The van der Waals surface area contributed by atoms with Gasteiger partial charge < -0.3 is 5.32 Å². The van der Waals surface area contributed by atoms with E-state index in [4.69, 9.17) is 0 Å². The summed E-state index contributed by atoms with van der Waals surface area (Å²) in [6, 6.07) is 7.15. The first kappa shape index (κ1) is 16.9. The number of hydrogen-bond acceptors (Lipinski definition) is 4. The number of fused-ring (bicyclic) bond motifs is 1. The van der Waals surface area contributed by atoms with Gasteiger partial charge in [0.05, 0.1) is 17.4 Å². The lowest BCUT2D eigenvalue weighted by Gasteiger charge is -2.10. The van der Waals surface area contributed by atoms with Crippen LogP contribution in [0, 0.1) is 13.8 Å². The molecule has 1 amide bonds. The first-order chi connectivity index (χ1) is 12.0. The SMILES string of the molecule is Cc1nn(C)c(C)c1CCNC(=O)Cn1ncc(=O)c2ccccc21. The van der Waals surface area contributed by atoms with Crippen LogP contribution in [0.4, 0.5) is 0 Å². The minimum atomic E-state index is -0.144. The molecule has 130 valence electrons. The highest BCUT2D eigenvalue weighted by molar-refractivity contribution is 5.81. The second kappa shape index (κ2) is 6.88. The highest BCUT2D eigenvalue weighted by Crippen LogP contribution is 2.12. The molecule has 0 atom stereocenters. The predicted molar refractivity (Wildman–Crippen MR) is 95.4 cm³/mol. The fraction of sp³-hybridized carbons (Fsp3) is 0.333. The maximum absolute atomic E-state index is 12.2. The molecule has 1 N–H and O–H groups in total. The van der Waals surface area contributed by atoms with Crippen molar-refractivity contribution in [2.24, 2.45) is 7.05 Å². The van der Waals surface area contributed by atoms with E-state index in [1.54, 1.807) is 22.9 Å². The number of rotatable bonds is 5. The number of para-hydroxylation sites is 1. The molecule has 2 heterocycles. The summed E-state index contributed by atoms with van der Waals surface area (Å²) in [5.41, 5.74) is 3.77. The maximum atomic E-state index is 12.2. The van der Waals surface area contributed by atoms with Gasteiger partial charge in [-0.05, 0) is 38.0 Å². The van der Waals surface area contributed by atoms with Crippen molar-refractivity contribution in [3.8, 4) is 0 Å². The van der Waals surface area contributed by atoms with Gasteiger partial charge in [0.1, 0.15) is 6.54 Å². The molecule has 1 aromatic carbocycles. The quantitative estimate of drug-likeness (QED) is 0.755. The number of benzene rings is 1. The van der Waals surface area contributed by atoms with Crippen LogP contribution in [-0.4, -0.2) is 32.0 Å². The van der Waals surface area contributed by atoms with E-state index in [2.05, 4.69) is 15.5 Å². The third kappa shape index (κ3) is 3.45. The molecule has 7 nitrogen and oxygen atoms in total. The topological polar surface area (TPSA) is 81.8 Å². The molecule has 0 spiro atoms. The lowest BCUT2D eigenvalue weighted by Crippen LogP contribution is -2.30. The average Bonchev–Trinajstić information content (AvgIpc) is 2.84. The van der Waals surface area contributed by atoms with E-state index < -0.39 is 0 Å². The van der Waals surface area contributed by atoms with Crippen LogP contribution in [0.2, 0.25) is 0 Å². The van der Waals surface area contributed by atoms with Gasteiger partial charge in [-0.15, -0.1) is 0 Å². The summed E-state index contributed by atoms with van der Waals surface area (Å²) in [7, 11) is 1.91. The Labute approximate surface area is 145 Å². The molecule has 0 saturated heterocycles. The molecule has 0 aliphatic rings. The molecule has 0 bridgehead atoms. The standard InChI is InChI=1S/C18H21N5O2/c1-12-14(13(2)22(3)21-12)8-9-19-18(25)11-23-16-7-5-4-6-15(16)17(24)10-20-23/h4-7,10H,8-9,11H2,1-3H3,(H,19,25). The number of nitrogens with one attached hydrogen (secondary N) is 1. The van der Waals surface area contributed by atoms with Crippen molar-refractivity contribution in [1.29, 1.82) is 0 Å². The van der Waals surface area contributed by atoms with Gasteiger partial charge in [0, 0.05) is 24.7 Å². The fourth-order valence-electron chi connectivity index (χ4n) is 2.99. The van der Waals surface area contributed by atoms with Crippen molar-refractivity contribution in [1.82, 2.24) is 24.9 Å². The Balaban J connectivity index is 1.66. The molecule has 2 aromatic heterocycles. The molecule has 0 unspecified atom stereocenters. The summed E-state index contributed by atoms with van der Waals surface area (Å²) in [4.78, 5) is 24.1. The summed E-state index contributed by atoms with van der Waals surface area (Å²) in [5, 5.41) is 11.9. The normalized spacial score (nSPS) is 11.0. The van der Waals surface area contributed by atoms with Gasteiger partial charge in [0.2, 0.25) is 11.3 Å². The molecule has 7 heteroatoms. The maximum Gasteiger partial charge on any atom is 0.241 e. The highest BCUT2D eigenvalue weighted by atomic mass is 16.2. The second-order valence-corrected chi connectivity index (χ2v) is 6.06. The Hall–Kier alpha value is -2.96. The minimum Gasteiger partial charge on any atom is -0.354 e. The number of carbonyl (C=O) groups is 1. The Morgan fingerprint density at radius 2 is 2.00 bits per heavy atom. The smallest absolute Gasteiger partial charge is 0.241 e. The van der Waals surface area contributed by atoms with Crippen LogP contribution in [0.15, 0.2) is 35.3 Å². The van der Waals surface area contributed by atoms with Crippen LogP contribution in [0.5, 0.6) is 0 Å². The van der Waals surface area contributed by atoms with Gasteiger partial charge in [0.15, 0.2) is 0 Å². The van der Waals surface area contributed by atoms with Crippen molar-refractivity contribution in [3.63, 3.8) is 0 Å². The van der Waals surface area contributed by atoms with E-state index in [-0.39, 0.29) is 17.9 Å². The Morgan fingerprint density at radius 3 is 2.72 bits per heavy atom. The van der Waals surface area contributed by atoms with Crippen LogP contribution < -0.4 is 10.7 Å². The molecular weight excluding hydrogens is 318 g/mol. The number of aromatic nitrogens is 4. The summed E-state index contributed by atoms with van der Waals surface area (Å²) in [6.07, 6.45) is 1.98. The van der Waals surface area contributed by atoms with Crippen molar-refractivity contribution in [3.05, 3.63) is 57.6 Å². The van der Waals surface area contributed by atoms with Crippen LogP contribution >= 0.6 is 0 Å². The average molecular weight is 339 g/mol. The van der Waals surface area contributed by atoms with E-state index in [1.807, 2.05) is 31.6 Å². The summed E-state index contributed by atoms with van der Waals surface area (Å²) in [6.45, 7) is 4.60. The third-order valence-electron chi connectivity index (χ3n) is 4.41. The van der Waals surface area contributed by atoms with E-state index in [9.17, 15) is 9.59 Å². The summed E-state index contributed by atoms with van der Waals surface area (Å²) >= 11 is 0. The monoisotopic (exact) mass is 339 g/mol. The van der Waals surface area contributed by atoms with Gasteiger partial charge in [-0.2, -0.15) is 10.2 Å². The molecule has 0 aliphatic carbocycles. The zero-order valence-electron chi connectivity index (χ0n) is 14.6. The minimum absolute atomic E-state index is 0.0752. The Bertz CT molecular complexity index is 987. The van der Waals surface area contributed by atoms with Crippen molar-refractivity contribution in [2.75, 3.05) is 6.54 Å². The summed E-state index contributed by atoms with van der Waals surface area (Å²) < 4.78 is 3.40. The van der Waals surface area contributed by atoms with Crippen LogP contribution in [0.1, 0.15) is 17.0 Å². The molecule has 25 heavy (non-hydrogen) atoms. The zero-order valence-corrected chi connectivity index (χ0v) is 14.6. The van der Waals surface area contributed by atoms with E-state index in [1.165, 1.54) is 6.20 Å². The number of carbonyl (C=O) groups excluding carboxylic acids is 1.